The number of halogens is 1. The lowest BCUT2D eigenvalue weighted by molar-refractivity contribution is 0.556. The summed E-state index contributed by atoms with van der Waals surface area (Å²) in [7, 11) is 0. The van der Waals surface area contributed by atoms with Crippen molar-refractivity contribution in [1.82, 2.24) is 10.3 Å². The topological polar surface area (TPSA) is 24.9 Å². The van der Waals surface area contributed by atoms with E-state index in [9.17, 15) is 0 Å². The Morgan fingerprint density at radius 3 is 3.05 bits per heavy atom. The summed E-state index contributed by atoms with van der Waals surface area (Å²) in [4.78, 5) is 4.50. The lowest BCUT2D eigenvalue weighted by atomic mass is 9.98. The molecule has 0 bridgehead atoms. The van der Waals surface area contributed by atoms with E-state index in [4.69, 9.17) is 11.6 Å². The van der Waals surface area contributed by atoms with Crippen molar-refractivity contribution in [2.24, 2.45) is 0 Å². The minimum absolute atomic E-state index is 0.187. The third-order valence-corrected chi connectivity index (χ3v) is 3.93. The molecule has 1 unspecified atom stereocenters. The number of nitrogens with one attached hydrogen (secondary N) is 1. The minimum Gasteiger partial charge on any atom is -0.305 e. The molecule has 0 aromatic carbocycles. The third kappa shape index (κ3) is 4.05. The van der Waals surface area contributed by atoms with Crippen molar-refractivity contribution in [1.29, 1.82) is 0 Å². The van der Waals surface area contributed by atoms with E-state index < -0.39 is 0 Å². The van der Waals surface area contributed by atoms with Crippen molar-refractivity contribution in [3.05, 3.63) is 40.7 Å². The van der Waals surface area contributed by atoms with Gasteiger partial charge >= 0.3 is 0 Å². The smallest absolute Gasteiger partial charge is 0.0801 e. The summed E-state index contributed by atoms with van der Waals surface area (Å²) in [6, 6.07) is 4.01. The van der Waals surface area contributed by atoms with Crippen molar-refractivity contribution in [2.75, 3.05) is 6.54 Å². The molecule has 3 heteroatoms. The maximum Gasteiger partial charge on any atom is 0.0801 e. The van der Waals surface area contributed by atoms with Crippen LogP contribution < -0.4 is 5.32 Å². The van der Waals surface area contributed by atoms with Gasteiger partial charge in [-0.2, -0.15) is 0 Å². The van der Waals surface area contributed by atoms with Gasteiger partial charge in [-0.05, 0) is 50.8 Å². The van der Waals surface area contributed by atoms with Gasteiger partial charge in [0.1, 0.15) is 0 Å². The Morgan fingerprint density at radius 2 is 2.26 bits per heavy atom. The van der Waals surface area contributed by atoms with Crippen LogP contribution >= 0.6 is 11.6 Å². The summed E-state index contributed by atoms with van der Waals surface area (Å²) in [6.07, 6.45) is 11.6. The van der Waals surface area contributed by atoms with Crippen molar-refractivity contribution in [2.45, 2.75) is 51.5 Å². The Kier molecular flexibility index (Phi) is 5.87. The standard InChI is InChI=1S/C16H23ClN2/c1-2-11-18-15(13-8-5-3-4-6-9-13)16-14(17)10-7-12-19-16/h7-8,10,12,15,18H,2-6,9,11H2,1H3. The lowest BCUT2D eigenvalue weighted by Crippen LogP contribution is -2.25. The maximum atomic E-state index is 6.33. The van der Waals surface area contributed by atoms with E-state index in [1.165, 1.54) is 31.3 Å². The van der Waals surface area contributed by atoms with E-state index in [0.717, 1.165) is 30.1 Å². The highest BCUT2D eigenvalue weighted by molar-refractivity contribution is 6.31. The Morgan fingerprint density at radius 1 is 1.37 bits per heavy atom. The van der Waals surface area contributed by atoms with Gasteiger partial charge in [-0.25, -0.2) is 0 Å². The summed E-state index contributed by atoms with van der Waals surface area (Å²) < 4.78 is 0. The Hall–Kier alpha value is -0.860. The van der Waals surface area contributed by atoms with E-state index in [1.807, 2.05) is 18.3 Å². The van der Waals surface area contributed by atoms with E-state index in [1.54, 1.807) is 0 Å². The molecule has 1 aliphatic carbocycles. The number of aromatic nitrogens is 1. The molecule has 1 aliphatic rings. The molecule has 0 spiro atoms. The second-order valence-electron chi connectivity index (χ2n) is 5.14. The van der Waals surface area contributed by atoms with Gasteiger partial charge in [-0.15, -0.1) is 0 Å². The van der Waals surface area contributed by atoms with Crippen molar-refractivity contribution in [3.63, 3.8) is 0 Å². The summed E-state index contributed by atoms with van der Waals surface area (Å²) in [6.45, 7) is 3.18. The minimum atomic E-state index is 0.187. The lowest BCUT2D eigenvalue weighted by Gasteiger charge is -2.22. The highest BCUT2D eigenvalue weighted by Gasteiger charge is 2.20. The first-order valence-electron chi connectivity index (χ1n) is 7.35. The van der Waals surface area contributed by atoms with Crippen LogP contribution in [0, 0.1) is 0 Å². The van der Waals surface area contributed by atoms with Crippen molar-refractivity contribution in [3.8, 4) is 0 Å². The molecule has 1 N–H and O–H groups in total. The quantitative estimate of drug-likeness (QED) is 0.792. The first-order valence-corrected chi connectivity index (χ1v) is 7.73. The number of nitrogens with zero attached hydrogens (tertiary/aromatic N) is 1. The molecule has 1 aromatic rings. The van der Waals surface area contributed by atoms with E-state index in [0.29, 0.717) is 0 Å². The van der Waals surface area contributed by atoms with Gasteiger partial charge in [0.2, 0.25) is 0 Å². The van der Waals surface area contributed by atoms with Gasteiger partial charge in [0.15, 0.2) is 0 Å². The number of hydrogen-bond acceptors (Lipinski definition) is 2. The monoisotopic (exact) mass is 278 g/mol. The van der Waals surface area contributed by atoms with Crippen LogP contribution in [0.4, 0.5) is 0 Å². The fraction of sp³-hybridized carbons (Fsp3) is 0.562. The molecule has 19 heavy (non-hydrogen) atoms. The second-order valence-corrected chi connectivity index (χ2v) is 5.54. The average molecular weight is 279 g/mol. The van der Waals surface area contributed by atoms with E-state index in [2.05, 4.69) is 23.3 Å². The Labute approximate surface area is 121 Å². The van der Waals surface area contributed by atoms with Gasteiger partial charge < -0.3 is 5.32 Å². The Balaban J connectivity index is 2.24. The molecular weight excluding hydrogens is 256 g/mol. The molecule has 0 amide bonds. The normalized spacial score (nSPS) is 17.7. The van der Waals surface area contributed by atoms with Crippen molar-refractivity contribution >= 4 is 11.6 Å². The molecule has 0 radical (unpaired) electrons. The Bertz CT molecular complexity index is 429. The van der Waals surface area contributed by atoms with Crippen LogP contribution in [-0.4, -0.2) is 11.5 Å². The zero-order valence-electron chi connectivity index (χ0n) is 11.7. The molecule has 1 atom stereocenters. The number of allylic oxidation sites excluding steroid dienone is 1. The predicted octanol–water partition coefficient (Wildman–Crippen LogP) is 4.67. The molecule has 0 fully saturated rings. The van der Waals surface area contributed by atoms with Crippen molar-refractivity contribution < 1.29 is 0 Å². The molecule has 1 heterocycles. The first kappa shape index (κ1) is 14.5. The molecule has 104 valence electrons. The second kappa shape index (κ2) is 7.66. The number of hydrogen-bond donors (Lipinski definition) is 1. The first-order chi connectivity index (χ1) is 9.33. The largest absolute Gasteiger partial charge is 0.305 e. The van der Waals surface area contributed by atoms with Gasteiger partial charge in [0.05, 0.1) is 16.8 Å². The van der Waals surface area contributed by atoms with Crippen LogP contribution in [0.25, 0.3) is 0 Å². The van der Waals surface area contributed by atoms with E-state index >= 15 is 0 Å². The van der Waals surface area contributed by atoms with Crippen LogP contribution in [-0.2, 0) is 0 Å². The van der Waals surface area contributed by atoms with E-state index in [-0.39, 0.29) is 6.04 Å². The molecule has 1 aromatic heterocycles. The van der Waals surface area contributed by atoms with Crippen LogP contribution in [0.2, 0.25) is 5.02 Å². The molecule has 2 nitrogen and oxygen atoms in total. The summed E-state index contributed by atoms with van der Waals surface area (Å²) in [5.41, 5.74) is 2.44. The highest BCUT2D eigenvalue weighted by Crippen LogP contribution is 2.31. The fourth-order valence-electron chi connectivity index (χ4n) is 2.60. The van der Waals surface area contributed by atoms with Crippen LogP contribution in [0.3, 0.4) is 0 Å². The number of pyridine rings is 1. The molecule has 0 saturated carbocycles. The summed E-state index contributed by atoms with van der Waals surface area (Å²) in [5, 5.41) is 4.37. The number of rotatable bonds is 5. The average Bonchev–Trinajstić information content (AvgIpc) is 2.70. The fourth-order valence-corrected chi connectivity index (χ4v) is 2.83. The highest BCUT2D eigenvalue weighted by atomic mass is 35.5. The van der Waals surface area contributed by atoms with Gasteiger partial charge in [0, 0.05) is 6.20 Å². The van der Waals surface area contributed by atoms with Gasteiger partial charge in [-0.1, -0.05) is 36.6 Å². The molecule has 0 saturated heterocycles. The maximum absolute atomic E-state index is 6.33. The zero-order valence-corrected chi connectivity index (χ0v) is 12.4. The SMILES string of the molecule is CCCNC(C1=CCCCCC1)c1ncccc1Cl. The van der Waals surface area contributed by atoms with Gasteiger partial charge in [-0.3, -0.25) is 4.98 Å². The van der Waals surface area contributed by atoms with Crippen LogP contribution in [0.5, 0.6) is 0 Å². The molecular formula is C16H23ClN2. The molecule has 2 rings (SSSR count). The van der Waals surface area contributed by atoms with Gasteiger partial charge in [0.25, 0.3) is 0 Å². The molecule has 0 aliphatic heterocycles. The third-order valence-electron chi connectivity index (χ3n) is 3.61. The van der Waals surface area contributed by atoms with Crippen LogP contribution in [0.15, 0.2) is 30.0 Å². The predicted molar refractivity (Wildman–Crippen MR) is 81.4 cm³/mol. The summed E-state index contributed by atoms with van der Waals surface area (Å²) in [5.74, 6) is 0. The zero-order chi connectivity index (χ0) is 13.5. The summed E-state index contributed by atoms with van der Waals surface area (Å²) >= 11 is 6.33. The van der Waals surface area contributed by atoms with Crippen LogP contribution in [0.1, 0.15) is 57.2 Å².